The van der Waals surface area contributed by atoms with Crippen LogP contribution in [-0.4, -0.2) is 26.9 Å². The van der Waals surface area contributed by atoms with E-state index in [0.717, 1.165) is 19.3 Å². The predicted molar refractivity (Wildman–Crippen MR) is 68.4 cm³/mol. The highest BCUT2D eigenvalue weighted by molar-refractivity contribution is 8.13. The lowest BCUT2D eigenvalue weighted by molar-refractivity contribution is 0.0516. The Morgan fingerprint density at radius 3 is 2.31 bits per heavy atom. The second kappa shape index (κ2) is 8.31. The summed E-state index contributed by atoms with van der Waals surface area (Å²) in [5.74, 6) is 0.391. The first kappa shape index (κ1) is 16.2. The Morgan fingerprint density at radius 1 is 1.19 bits per heavy atom. The van der Waals surface area contributed by atoms with E-state index >= 15 is 0 Å². The van der Waals surface area contributed by atoms with Crippen molar-refractivity contribution in [3.63, 3.8) is 0 Å². The second-order valence-corrected chi connectivity index (χ2v) is 7.29. The van der Waals surface area contributed by atoms with Crippen molar-refractivity contribution < 1.29 is 13.2 Å². The van der Waals surface area contributed by atoms with E-state index in [0.29, 0.717) is 25.0 Å². The summed E-state index contributed by atoms with van der Waals surface area (Å²) in [5, 5.41) is 0. The van der Waals surface area contributed by atoms with Crippen LogP contribution in [0.4, 0.5) is 0 Å². The van der Waals surface area contributed by atoms with E-state index in [1.807, 2.05) is 6.92 Å². The lowest BCUT2D eigenvalue weighted by atomic mass is 10.1. The normalized spacial score (nSPS) is 16.0. The molecule has 0 N–H and O–H groups in total. The molecule has 0 bridgehead atoms. The van der Waals surface area contributed by atoms with E-state index in [4.69, 9.17) is 15.4 Å². The largest absolute Gasteiger partial charge is 0.379 e. The summed E-state index contributed by atoms with van der Waals surface area (Å²) in [7, 11) is 1.81. The average Bonchev–Trinajstić information content (AvgIpc) is 2.14. The summed E-state index contributed by atoms with van der Waals surface area (Å²) in [5.41, 5.74) is 0. The minimum Gasteiger partial charge on any atom is -0.379 e. The lowest BCUT2D eigenvalue weighted by Gasteiger charge is -2.14. The molecule has 0 amide bonds. The van der Waals surface area contributed by atoms with Crippen molar-refractivity contribution in [1.82, 2.24) is 0 Å². The molecule has 0 saturated carbocycles. The lowest BCUT2D eigenvalue weighted by Crippen LogP contribution is -2.12. The smallest absolute Gasteiger partial charge is 0.232 e. The summed E-state index contributed by atoms with van der Waals surface area (Å²) >= 11 is 0. The number of hydrogen-bond acceptors (Lipinski definition) is 3. The van der Waals surface area contributed by atoms with Gasteiger partial charge in [0.05, 0.1) is 11.9 Å². The Hall–Kier alpha value is 0.200. The Labute approximate surface area is 104 Å². The Morgan fingerprint density at radius 2 is 1.81 bits per heavy atom. The molecule has 2 atom stereocenters. The predicted octanol–water partition coefficient (Wildman–Crippen LogP) is 3.18. The van der Waals surface area contributed by atoms with Gasteiger partial charge in [-0.3, -0.25) is 0 Å². The maximum absolute atomic E-state index is 10.7. The molecule has 5 heteroatoms. The molecule has 0 spiro atoms. The Bertz CT molecular complexity index is 264. The van der Waals surface area contributed by atoms with Gasteiger partial charge in [-0.15, -0.1) is 0 Å². The molecule has 0 fully saturated rings. The molecule has 0 aromatic rings. The van der Waals surface area contributed by atoms with Crippen molar-refractivity contribution in [3.05, 3.63) is 0 Å². The Balaban J connectivity index is 3.54. The highest BCUT2D eigenvalue weighted by Crippen LogP contribution is 2.12. The van der Waals surface area contributed by atoms with Gasteiger partial charge in [-0.25, -0.2) is 8.42 Å². The van der Waals surface area contributed by atoms with Crippen LogP contribution in [0.1, 0.15) is 46.5 Å². The molecule has 0 saturated heterocycles. The van der Waals surface area contributed by atoms with Gasteiger partial charge in [-0.1, -0.05) is 20.3 Å². The number of ether oxygens (including phenoxy) is 1. The van der Waals surface area contributed by atoms with Crippen molar-refractivity contribution in [3.8, 4) is 0 Å². The topological polar surface area (TPSA) is 43.4 Å². The van der Waals surface area contributed by atoms with Crippen molar-refractivity contribution >= 4 is 19.7 Å². The van der Waals surface area contributed by atoms with Gasteiger partial charge in [0.15, 0.2) is 0 Å². The highest BCUT2D eigenvalue weighted by atomic mass is 35.7. The van der Waals surface area contributed by atoms with Gasteiger partial charge in [0.1, 0.15) is 0 Å². The van der Waals surface area contributed by atoms with Crippen LogP contribution >= 0.6 is 10.7 Å². The van der Waals surface area contributed by atoms with Gasteiger partial charge in [-0.05, 0) is 32.1 Å². The molecular weight excluding hydrogens is 248 g/mol. The van der Waals surface area contributed by atoms with Crippen LogP contribution in [0.3, 0.4) is 0 Å². The first-order chi connectivity index (χ1) is 7.35. The molecule has 0 aliphatic heterocycles. The summed E-state index contributed by atoms with van der Waals surface area (Å²) in [6, 6.07) is 0. The number of halogens is 1. The van der Waals surface area contributed by atoms with E-state index in [-0.39, 0.29) is 5.75 Å². The molecule has 98 valence electrons. The van der Waals surface area contributed by atoms with Gasteiger partial charge in [0.25, 0.3) is 0 Å². The summed E-state index contributed by atoms with van der Waals surface area (Å²) in [6.45, 7) is 6.92. The maximum atomic E-state index is 10.7. The van der Waals surface area contributed by atoms with Gasteiger partial charge in [0, 0.05) is 17.3 Å². The van der Waals surface area contributed by atoms with Crippen molar-refractivity contribution in [2.24, 2.45) is 5.92 Å². The van der Waals surface area contributed by atoms with Crippen LogP contribution in [0, 0.1) is 5.92 Å². The zero-order valence-electron chi connectivity index (χ0n) is 10.4. The fraction of sp³-hybridized carbons (Fsp3) is 1.00. The molecule has 16 heavy (non-hydrogen) atoms. The van der Waals surface area contributed by atoms with Crippen LogP contribution in [-0.2, 0) is 13.8 Å². The monoisotopic (exact) mass is 270 g/mol. The molecule has 0 aromatic heterocycles. The van der Waals surface area contributed by atoms with Crippen LogP contribution in [0.2, 0.25) is 0 Å². The highest BCUT2D eigenvalue weighted by Gasteiger charge is 2.10. The van der Waals surface area contributed by atoms with E-state index in [1.165, 1.54) is 0 Å². The van der Waals surface area contributed by atoms with E-state index in [9.17, 15) is 8.42 Å². The molecule has 0 aromatic carbocycles. The molecule has 0 heterocycles. The van der Waals surface area contributed by atoms with Gasteiger partial charge in [-0.2, -0.15) is 0 Å². The Kier molecular flexibility index (Phi) is 8.42. The minimum atomic E-state index is -3.34. The quantitative estimate of drug-likeness (QED) is 0.605. The summed E-state index contributed by atoms with van der Waals surface area (Å²) < 4.78 is 27.1. The van der Waals surface area contributed by atoms with Gasteiger partial charge in [0.2, 0.25) is 9.05 Å². The SMILES string of the molecule is CCCC(C)OCCC(C)CCS(=O)(=O)Cl. The fourth-order valence-electron chi connectivity index (χ4n) is 1.45. The van der Waals surface area contributed by atoms with Gasteiger partial charge >= 0.3 is 0 Å². The van der Waals surface area contributed by atoms with Crippen molar-refractivity contribution in [2.45, 2.75) is 52.6 Å². The fourth-order valence-corrected chi connectivity index (χ4v) is 2.40. The third-order valence-corrected chi connectivity index (χ3v) is 3.75. The van der Waals surface area contributed by atoms with E-state index in [2.05, 4.69) is 13.8 Å². The summed E-state index contributed by atoms with van der Waals surface area (Å²) in [6.07, 6.45) is 4.00. The van der Waals surface area contributed by atoms with Crippen LogP contribution in [0.25, 0.3) is 0 Å². The summed E-state index contributed by atoms with van der Waals surface area (Å²) in [4.78, 5) is 0. The number of rotatable bonds is 9. The molecule has 3 nitrogen and oxygen atoms in total. The zero-order valence-corrected chi connectivity index (χ0v) is 12.0. The van der Waals surface area contributed by atoms with Crippen LogP contribution in [0.15, 0.2) is 0 Å². The minimum absolute atomic E-state index is 0.0558. The van der Waals surface area contributed by atoms with Crippen molar-refractivity contribution in [1.29, 1.82) is 0 Å². The molecule has 0 aliphatic rings. The van der Waals surface area contributed by atoms with E-state index in [1.54, 1.807) is 0 Å². The molecule has 2 unspecified atom stereocenters. The molecular formula is C11H23ClO3S. The first-order valence-corrected chi connectivity index (χ1v) is 8.37. The molecule has 0 aliphatic carbocycles. The third-order valence-electron chi connectivity index (χ3n) is 2.56. The number of hydrogen-bond donors (Lipinski definition) is 0. The van der Waals surface area contributed by atoms with Crippen LogP contribution < -0.4 is 0 Å². The van der Waals surface area contributed by atoms with Crippen LogP contribution in [0.5, 0.6) is 0 Å². The standard InChI is InChI=1S/C11H23ClO3S/c1-4-5-11(3)15-8-6-10(2)7-9-16(12,13)14/h10-11H,4-9H2,1-3H3. The van der Waals surface area contributed by atoms with Gasteiger partial charge < -0.3 is 4.74 Å². The molecule has 0 rings (SSSR count). The molecule has 0 radical (unpaired) electrons. The third kappa shape index (κ3) is 10.7. The van der Waals surface area contributed by atoms with E-state index < -0.39 is 9.05 Å². The van der Waals surface area contributed by atoms with Crippen molar-refractivity contribution in [2.75, 3.05) is 12.4 Å². The first-order valence-electron chi connectivity index (χ1n) is 5.89. The second-order valence-electron chi connectivity index (χ2n) is 4.40. The zero-order chi connectivity index (χ0) is 12.6. The maximum Gasteiger partial charge on any atom is 0.232 e. The average molecular weight is 271 g/mol.